The molecule has 5 nitrogen and oxygen atoms in total. The van der Waals surface area contributed by atoms with Crippen molar-refractivity contribution in [1.29, 1.82) is 0 Å². The Kier molecular flexibility index (Phi) is 4.30. The van der Waals surface area contributed by atoms with Crippen LogP contribution in [0.1, 0.15) is 22.3 Å². The predicted octanol–water partition coefficient (Wildman–Crippen LogP) is 0.714. The molecule has 1 aromatic carbocycles. The molecule has 2 atom stereocenters. The molecule has 0 spiro atoms. The van der Waals surface area contributed by atoms with Crippen LogP contribution in [0.3, 0.4) is 0 Å². The molecule has 1 amide bonds. The van der Waals surface area contributed by atoms with Crippen molar-refractivity contribution in [2.24, 2.45) is 0 Å². The number of likely N-dealkylation sites (N-methyl/N-ethyl adjacent to an activating group) is 1. The van der Waals surface area contributed by atoms with E-state index in [1.807, 2.05) is 38.1 Å². The second-order valence-electron chi connectivity index (χ2n) is 5.85. The summed E-state index contributed by atoms with van der Waals surface area (Å²) in [6.45, 7) is 3.06. The second kappa shape index (κ2) is 5.81. The van der Waals surface area contributed by atoms with E-state index in [1.165, 1.54) is 0 Å². The average Bonchev–Trinajstić information content (AvgIpc) is 2.71. The molecule has 1 aliphatic rings. The summed E-state index contributed by atoms with van der Waals surface area (Å²) in [6.07, 6.45) is 0.172. The normalized spacial score (nSPS) is 22.6. The van der Waals surface area contributed by atoms with E-state index in [9.17, 15) is 9.90 Å². The molecule has 1 saturated heterocycles. The molecule has 1 aliphatic heterocycles. The van der Waals surface area contributed by atoms with Gasteiger partial charge in [0.05, 0.1) is 11.7 Å². The zero-order chi connectivity index (χ0) is 14.9. The number of anilines is 1. The summed E-state index contributed by atoms with van der Waals surface area (Å²) in [7, 11) is 3.93. The van der Waals surface area contributed by atoms with Gasteiger partial charge in [-0.15, -0.1) is 0 Å². The number of aliphatic hydroxyl groups excluding tert-OH is 1. The van der Waals surface area contributed by atoms with E-state index in [0.717, 1.165) is 12.1 Å². The Hall–Kier alpha value is -1.59. The second-order valence-corrected chi connectivity index (χ2v) is 5.85. The van der Waals surface area contributed by atoms with Crippen molar-refractivity contribution >= 4 is 11.6 Å². The van der Waals surface area contributed by atoms with Gasteiger partial charge in [-0.05, 0) is 39.6 Å². The third-order valence-corrected chi connectivity index (χ3v) is 3.67. The van der Waals surface area contributed by atoms with Gasteiger partial charge >= 0.3 is 0 Å². The van der Waals surface area contributed by atoms with Gasteiger partial charge in [0.2, 0.25) is 0 Å². The van der Waals surface area contributed by atoms with Gasteiger partial charge in [0.15, 0.2) is 0 Å². The van der Waals surface area contributed by atoms with Gasteiger partial charge in [0.25, 0.3) is 5.91 Å². The number of β-amino-alcohol motifs (C(OH)–C–C–N with tert-alkyl or cyclic N) is 1. The molecule has 1 heterocycles. The zero-order valence-corrected chi connectivity index (χ0v) is 12.3. The summed E-state index contributed by atoms with van der Waals surface area (Å²) < 4.78 is 0. The molecule has 2 rings (SSSR count). The van der Waals surface area contributed by atoms with Crippen molar-refractivity contribution in [1.82, 2.24) is 9.80 Å². The van der Waals surface area contributed by atoms with Crippen LogP contribution in [0.15, 0.2) is 18.2 Å². The van der Waals surface area contributed by atoms with Crippen LogP contribution in [0.4, 0.5) is 5.69 Å². The van der Waals surface area contributed by atoms with Crippen molar-refractivity contribution in [3.63, 3.8) is 0 Å². The number of hydrogen-bond acceptors (Lipinski definition) is 4. The zero-order valence-electron chi connectivity index (χ0n) is 12.3. The topological polar surface area (TPSA) is 69.8 Å². The number of carbonyl (C=O) groups is 1. The lowest BCUT2D eigenvalue weighted by atomic mass is 10.1. The number of hydrogen-bond donors (Lipinski definition) is 2. The monoisotopic (exact) mass is 277 g/mol. The van der Waals surface area contributed by atoms with E-state index in [2.05, 4.69) is 0 Å². The number of nitrogen functional groups attached to an aromatic ring is 1. The van der Waals surface area contributed by atoms with Crippen LogP contribution in [0.2, 0.25) is 0 Å². The van der Waals surface area contributed by atoms with Crippen LogP contribution < -0.4 is 5.73 Å². The van der Waals surface area contributed by atoms with Crippen LogP contribution >= 0.6 is 0 Å². The largest absolute Gasteiger partial charge is 0.398 e. The molecule has 0 aromatic heterocycles. The maximum absolute atomic E-state index is 12.7. The summed E-state index contributed by atoms with van der Waals surface area (Å²) in [6, 6.07) is 5.50. The molecule has 0 saturated carbocycles. The molecule has 2 unspecified atom stereocenters. The quantitative estimate of drug-likeness (QED) is 0.799. The van der Waals surface area contributed by atoms with Crippen LogP contribution in [-0.2, 0) is 0 Å². The van der Waals surface area contributed by atoms with Gasteiger partial charge < -0.3 is 20.6 Å². The first kappa shape index (κ1) is 14.8. The van der Waals surface area contributed by atoms with Gasteiger partial charge in [-0.2, -0.15) is 0 Å². The number of aliphatic hydroxyl groups is 1. The molecule has 20 heavy (non-hydrogen) atoms. The summed E-state index contributed by atoms with van der Waals surface area (Å²) in [4.78, 5) is 16.4. The lowest BCUT2D eigenvalue weighted by Crippen LogP contribution is -2.41. The number of nitrogens with zero attached hydrogens (tertiary/aromatic N) is 2. The number of nitrogens with two attached hydrogens (primary N) is 1. The van der Waals surface area contributed by atoms with Crippen molar-refractivity contribution in [3.05, 3.63) is 29.3 Å². The van der Waals surface area contributed by atoms with Gasteiger partial charge in [-0.1, -0.05) is 11.6 Å². The Morgan fingerprint density at radius 1 is 1.50 bits per heavy atom. The van der Waals surface area contributed by atoms with Gasteiger partial charge in [0, 0.05) is 24.8 Å². The minimum atomic E-state index is -0.449. The molecule has 0 aliphatic carbocycles. The molecule has 3 N–H and O–H groups in total. The highest BCUT2D eigenvalue weighted by atomic mass is 16.3. The number of rotatable bonds is 3. The fourth-order valence-electron chi connectivity index (χ4n) is 2.75. The van der Waals surface area contributed by atoms with Crippen molar-refractivity contribution in [2.45, 2.75) is 25.5 Å². The molecule has 1 aromatic rings. The molecular formula is C15H23N3O2. The summed E-state index contributed by atoms with van der Waals surface area (Å²) in [5.41, 5.74) is 7.95. The number of likely N-dealkylation sites (tertiary alicyclic amines) is 1. The third kappa shape index (κ3) is 3.11. The maximum Gasteiger partial charge on any atom is 0.256 e. The van der Waals surface area contributed by atoms with Crippen molar-refractivity contribution < 1.29 is 9.90 Å². The number of carbonyl (C=O) groups excluding carboxylic acids is 1. The first-order chi connectivity index (χ1) is 9.38. The third-order valence-electron chi connectivity index (χ3n) is 3.67. The minimum absolute atomic E-state index is 0.0346. The van der Waals surface area contributed by atoms with Crippen LogP contribution in [0.25, 0.3) is 0 Å². The highest BCUT2D eigenvalue weighted by molar-refractivity contribution is 5.99. The Labute approximate surface area is 120 Å². The molecule has 1 fully saturated rings. The van der Waals surface area contributed by atoms with Crippen LogP contribution in [-0.4, -0.2) is 60.1 Å². The van der Waals surface area contributed by atoms with Crippen molar-refractivity contribution in [3.8, 4) is 0 Å². The van der Waals surface area contributed by atoms with E-state index in [4.69, 9.17) is 5.73 Å². The molecule has 5 heteroatoms. The van der Waals surface area contributed by atoms with E-state index in [0.29, 0.717) is 24.2 Å². The fourth-order valence-corrected chi connectivity index (χ4v) is 2.75. The lowest BCUT2D eigenvalue weighted by molar-refractivity contribution is 0.0700. The van der Waals surface area contributed by atoms with Crippen molar-refractivity contribution in [2.75, 3.05) is 32.9 Å². The van der Waals surface area contributed by atoms with Gasteiger partial charge in [0.1, 0.15) is 0 Å². The first-order valence-corrected chi connectivity index (χ1v) is 6.88. The predicted molar refractivity (Wildman–Crippen MR) is 79.6 cm³/mol. The lowest BCUT2D eigenvalue weighted by Gasteiger charge is -2.27. The Balaban J connectivity index is 2.24. The number of amides is 1. The molecule has 0 radical (unpaired) electrons. The SMILES string of the molecule is Cc1ccc(N)c(C(=O)N2CC(O)CC2CN(C)C)c1. The molecule has 0 bridgehead atoms. The summed E-state index contributed by atoms with van der Waals surface area (Å²) >= 11 is 0. The Morgan fingerprint density at radius 2 is 2.20 bits per heavy atom. The van der Waals surface area contributed by atoms with E-state index in [1.54, 1.807) is 11.0 Å². The van der Waals surface area contributed by atoms with E-state index < -0.39 is 6.10 Å². The van der Waals surface area contributed by atoms with Crippen LogP contribution in [0, 0.1) is 6.92 Å². The molecular weight excluding hydrogens is 254 g/mol. The number of benzene rings is 1. The van der Waals surface area contributed by atoms with Gasteiger partial charge in [-0.3, -0.25) is 4.79 Å². The first-order valence-electron chi connectivity index (χ1n) is 6.88. The smallest absolute Gasteiger partial charge is 0.256 e. The highest BCUT2D eigenvalue weighted by Crippen LogP contribution is 2.24. The Bertz CT molecular complexity index is 502. The van der Waals surface area contributed by atoms with E-state index in [-0.39, 0.29) is 11.9 Å². The Morgan fingerprint density at radius 3 is 2.85 bits per heavy atom. The standard InChI is InChI=1S/C15H23N3O2/c1-10-4-5-14(16)13(6-10)15(20)18-9-12(19)7-11(18)8-17(2)3/h4-6,11-12,19H,7-9,16H2,1-3H3. The van der Waals surface area contributed by atoms with Gasteiger partial charge in [-0.25, -0.2) is 0 Å². The number of aryl methyl sites for hydroxylation is 1. The fraction of sp³-hybridized carbons (Fsp3) is 0.533. The van der Waals surface area contributed by atoms with Crippen LogP contribution in [0.5, 0.6) is 0 Å². The average molecular weight is 277 g/mol. The summed E-state index contributed by atoms with van der Waals surface area (Å²) in [5.74, 6) is -0.0883. The summed E-state index contributed by atoms with van der Waals surface area (Å²) in [5, 5.41) is 9.86. The van der Waals surface area contributed by atoms with E-state index >= 15 is 0 Å². The minimum Gasteiger partial charge on any atom is -0.398 e. The molecule has 110 valence electrons. The highest BCUT2D eigenvalue weighted by Gasteiger charge is 2.35. The maximum atomic E-state index is 12.7.